The highest BCUT2D eigenvalue weighted by molar-refractivity contribution is 9.10. The van der Waals surface area contributed by atoms with E-state index in [2.05, 4.69) is 58.4 Å². The molecule has 0 unspecified atom stereocenters. The third-order valence-electron chi connectivity index (χ3n) is 11.1. The summed E-state index contributed by atoms with van der Waals surface area (Å²) in [6, 6.07) is 30.5. The second-order valence-corrected chi connectivity index (χ2v) is 15.7. The van der Waals surface area contributed by atoms with Crippen LogP contribution in [0.3, 0.4) is 0 Å². The molecule has 1 fully saturated rings. The first-order chi connectivity index (χ1) is 21.9. The minimum atomic E-state index is -1.80. The van der Waals surface area contributed by atoms with Crippen LogP contribution >= 0.6 is 15.9 Å². The number of benzene rings is 3. The zero-order valence-corrected chi connectivity index (χ0v) is 28.3. The van der Waals surface area contributed by atoms with Crippen LogP contribution in [0, 0.1) is 23.7 Å². The van der Waals surface area contributed by atoms with Crippen molar-refractivity contribution in [3.63, 3.8) is 0 Å². The normalized spacial score (nSPS) is 34.6. The number of rotatable bonds is 6. The van der Waals surface area contributed by atoms with Crippen molar-refractivity contribution in [2.24, 2.45) is 33.9 Å². The maximum absolute atomic E-state index is 13.8. The third-order valence-corrected chi connectivity index (χ3v) is 12.1. The summed E-state index contributed by atoms with van der Waals surface area (Å²) in [7, 11) is 0. The van der Waals surface area contributed by atoms with Crippen molar-refractivity contribution in [2.75, 3.05) is 6.61 Å². The molecule has 0 bridgehead atoms. The summed E-state index contributed by atoms with van der Waals surface area (Å²) < 4.78 is 6.55. The fraction of sp³-hybridized carbons (Fsp3) is 0.410. The first-order valence-corrected chi connectivity index (χ1v) is 17.0. The molecule has 46 heavy (non-hydrogen) atoms. The number of aliphatic hydroxyl groups is 2. The quantitative estimate of drug-likeness (QED) is 0.122. The van der Waals surface area contributed by atoms with E-state index in [4.69, 9.17) is 15.0 Å². The topological polar surface area (TPSA) is 91.5 Å². The zero-order chi connectivity index (χ0) is 32.5. The van der Waals surface area contributed by atoms with E-state index < -0.39 is 38.6 Å². The predicted octanol–water partition coefficient (Wildman–Crippen LogP) is 7.54. The van der Waals surface area contributed by atoms with Crippen molar-refractivity contribution in [1.82, 2.24) is 0 Å². The monoisotopic (exact) mass is 680 g/mol. The van der Waals surface area contributed by atoms with Gasteiger partial charge in [-0.3, -0.25) is 4.79 Å². The van der Waals surface area contributed by atoms with Crippen LogP contribution in [0.2, 0.25) is 0 Å². The molecule has 3 aromatic rings. The number of Topliss-reactive ketones (excluding diaryl/α,β-unsaturated/α-hetero) is 1. The van der Waals surface area contributed by atoms with Gasteiger partial charge in [-0.1, -0.05) is 126 Å². The Hall–Kier alpha value is -3.23. The number of hydrogen-bond donors (Lipinski definition) is 2. The summed E-state index contributed by atoms with van der Waals surface area (Å²) in [5, 5.41) is 34.8. The van der Waals surface area contributed by atoms with Gasteiger partial charge in [0.2, 0.25) is 0 Å². The third kappa shape index (κ3) is 4.50. The smallest absolute Gasteiger partial charge is 0.190 e. The van der Waals surface area contributed by atoms with Gasteiger partial charge < -0.3 is 14.9 Å². The largest absolute Gasteiger partial charge is 0.388 e. The van der Waals surface area contributed by atoms with E-state index >= 15 is 0 Å². The molecule has 1 aliphatic heterocycles. The first-order valence-electron chi connectivity index (χ1n) is 16.2. The fourth-order valence-electron chi connectivity index (χ4n) is 9.07. The lowest BCUT2D eigenvalue weighted by Crippen LogP contribution is -2.65. The van der Waals surface area contributed by atoms with Gasteiger partial charge in [0.25, 0.3) is 0 Å². The Balaban J connectivity index is 1.40. The molecule has 238 valence electrons. The van der Waals surface area contributed by atoms with Crippen molar-refractivity contribution < 1.29 is 19.7 Å². The fourth-order valence-corrected chi connectivity index (χ4v) is 10.5. The molecule has 4 aliphatic rings. The minimum absolute atomic E-state index is 0.0566. The summed E-state index contributed by atoms with van der Waals surface area (Å²) in [5.74, 6) is -2.09. The van der Waals surface area contributed by atoms with Crippen LogP contribution in [0.4, 0.5) is 0 Å². The molecule has 0 amide bonds. The molecule has 1 saturated carbocycles. The SMILES string of the molecule is CC1=C[C@H]2[C@@]3(O)[C@H](C)C[C@@]4(Br)N=NC(C)(C)[C@H]4[C@@H]3C=C(COC(c3ccccc3)(c3ccccc3)c3ccccc3)C[C@]2(O)C1=O. The average molecular weight is 682 g/mol. The van der Waals surface area contributed by atoms with E-state index in [1.54, 1.807) is 6.92 Å². The summed E-state index contributed by atoms with van der Waals surface area (Å²) >= 11 is 3.97. The molecule has 7 rings (SSSR count). The Kier molecular flexibility index (Phi) is 7.44. The average Bonchev–Trinajstić information content (AvgIpc) is 3.39. The molecular weight excluding hydrogens is 640 g/mol. The van der Waals surface area contributed by atoms with Gasteiger partial charge in [0.05, 0.1) is 17.7 Å². The standard InChI is InChI=1S/C39H41BrN2O4/c1-25-20-32-36(44,34(25)43)23-27(21-31-33-35(3,4)41-42-37(33,40)22-26(2)38(31,32)45)24-46-39(28-14-8-5-9-15-28,29-16-10-6-11-17-29)30-18-12-7-13-19-30/h5-21,26,31-33,44-45H,22-24H2,1-4H3/t26-,31+,32-,33-,36-,37-,38-/m1/s1. The number of fused-ring (bicyclic) bond motifs is 5. The highest BCUT2D eigenvalue weighted by Gasteiger charge is 2.70. The van der Waals surface area contributed by atoms with Crippen LogP contribution in [0.15, 0.2) is 125 Å². The second kappa shape index (κ2) is 10.9. The molecule has 0 radical (unpaired) electrons. The Labute approximate surface area is 279 Å². The molecule has 0 spiro atoms. The lowest BCUT2D eigenvalue weighted by Gasteiger charge is -2.56. The zero-order valence-electron chi connectivity index (χ0n) is 26.7. The van der Waals surface area contributed by atoms with E-state index in [9.17, 15) is 15.0 Å². The minimum Gasteiger partial charge on any atom is -0.388 e. The molecule has 1 heterocycles. The van der Waals surface area contributed by atoms with Gasteiger partial charge in [-0.15, -0.1) is 0 Å². The van der Waals surface area contributed by atoms with E-state index in [1.165, 1.54) is 0 Å². The van der Waals surface area contributed by atoms with Crippen LogP contribution in [0.25, 0.3) is 0 Å². The van der Waals surface area contributed by atoms with E-state index in [0.29, 0.717) is 12.0 Å². The van der Waals surface area contributed by atoms with Gasteiger partial charge in [0, 0.05) is 24.2 Å². The number of ketones is 1. The van der Waals surface area contributed by atoms with Gasteiger partial charge in [0.1, 0.15) is 15.7 Å². The highest BCUT2D eigenvalue weighted by atomic mass is 79.9. The lowest BCUT2D eigenvalue weighted by molar-refractivity contribution is -0.180. The lowest BCUT2D eigenvalue weighted by atomic mass is 9.53. The first kappa shape index (κ1) is 31.4. The summed E-state index contributed by atoms with van der Waals surface area (Å²) in [4.78, 5) is 13.8. The van der Waals surface area contributed by atoms with Crippen molar-refractivity contribution in [1.29, 1.82) is 0 Å². The van der Waals surface area contributed by atoms with Crippen molar-refractivity contribution >= 4 is 21.7 Å². The Morgan fingerprint density at radius 2 is 1.39 bits per heavy atom. The highest BCUT2D eigenvalue weighted by Crippen LogP contribution is 2.64. The molecule has 6 nitrogen and oxygen atoms in total. The molecular formula is C39H41BrN2O4. The molecule has 0 saturated heterocycles. The van der Waals surface area contributed by atoms with Crippen molar-refractivity contribution in [3.05, 3.63) is 131 Å². The van der Waals surface area contributed by atoms with Crippen LogP contribution in [0.1, 0.15) is 57.2 Å². The molecule has 0 aromatic heterocycles. The number of carbonyl (C=O) groups is 1. The number of azo groups is 1. The summed E-state index contributed by atoms with van der Waals surface area (Å²) in [6.07, 6.45) is 4.49. The van der Waals surface area contributed by atoms with Gasteiger partial charge in [-0.25, -0.2) is 0 Å². The molecule has 2 N–H and O–H groups in total. The molecule has 3 aliphatic carbocycles. The number of halogens is 1. The Bertz CT molecular complexity index is 1640. The van der Waals surface area contributed by atoms with E-state index in [1.807, 2.05) is 81.4 Å². The molecule has 3 aromatic carbocycles. The number of ether oxygens (including phenoxy) is 1. The van der Waals surface area contributed by atoms with Crippen LogP contribution in [0.5, 0.6) is 0 Å². The molecule has 7 atom stereocenters. The van der Waals surface area contributed by atoms with Crippen LogP contribution in [-0.4, -0.2) is 43.8 Å². The van der Waals surface area contributed by atoms with Crippen molar-refractivity contribution in [3.8, 4) is 0 Å². The van der Waals surface area contributed by atoms with Crippen LogP contribution in [-0.2, 0) is 15.1 Å². The predicted molar refractivity (Wildman–Crippen MR) is 181 cm³/mol. The van der Waals surface area contributed by atoms with E-state index in [0.717, 1.165) is 22.3 Å². The van der Waals surface area contributed by atoms with Gasteiger partial charge in [-0.05, 0) is 60.9 Å². The second-order valence-electron chi connectivity index (χ2n) is 14.3. The van der Waals surface area contributed by atoms with Crippen molar-refractivity contribution in [2.45, 2.75) is 67.3 Å². The van der Waals surface area contributed by atoms with Crippen LogP contribution < -0.4 is 0 Å². The van der Waals surface area contributed by atoms with E-state index in [-0.39, 0.29) is 30.6 Å². The maximum atomic E-state index is 13.8. The van der Waals surface area contributed by atoms with Gasteiger partial charge in [-0.2, -0.15) is 10.2 Å². The number of hydrogen-bond acceptors (Lipinski definition) is 6. The van der Waals surface area contributed by atoms with Gasteiger partial charge >= 0.3 is 0 Å². The van der Waals surface area contributed by atoms with Gasteiger partial charge in [0.15, 0.2) is 5.78 Å². The molecule has 7 heteroatoms. The number of carbonyl (C=O) groups excluding carboxylic acids is 1. The number of alkyl halides is 1. The number of nitrogens with zero attached hydrogens (tertiary/aromatic N) is 2. The Morgan fingerprint density at radius 1 is 0.870 bits per heavy atom. The summed E-state index contributed by atoms with van der Waals surface area (Å²) in [6.45, 7) is 7.96. The Morgan fingerprint density at radius 3 is 1.91 bits per heavy atom. The summed E-state index contributed by atoms with van der Waals surface area (Å²) in [5.41, 5.74) is -0.641. The maximum Gasteiger partial charge on any atom is 0.190 e.